The highest BCUT2D eigenvalue weighted by molar-refractivity contribution is 5.95. The van der Waals surface area contributed by atoms with Crippen LogP contribution in [0, 0.1) is 5.92 Å². The van der Waals surface area contributed by atoms with E-state index in [4.69, 9.17) is 5.11 Å². The fourth-order valence-electron chi connectivity index (χ4n) is 2.51. The first-order chi connectivity index (χ1) is 9.88. The third-order valence-corrected chi connectivity index (χ3v) is 3.80. The first kappa shape index (κ1) is 17.4. The van der Waals surface area contributed by atoms with Crippen LogP contribution in [0.4, 0.5) is 4.79 Å². The van der Waals surface area contributed by atoms with Crippen LogP contribution in [0.1, 0.15) is 39.0 Å². The Morgan fingerprint density at radius 2 is 1.90 bits per heavy atom. The lowest BCUT2D eigenvalue weighted by atomic mass is 9.86. The Morgan fingerprint density at radius 1 is 1.24 bits per heavy atom. The monoisotopic (exact) mass is 299 g/mol. The molecule has 1 aliphatic rings. The van der Waals surface area contributed by atoms with Gasteiger partial charge in [0.05, 0.1) is 13.0 Å². The molecule has 1 saturated carbocycles. The van der Waals surface area contributed by atoms with E-state index in [1.807, 2.05) is 0 Å². The van der Waals surface area contributed by atoms with Crippen LogP contribution in [0.2, 0.25) is 0 Å². The second kappa shape index (κ2) is 8.61. The van der Waals surface area contributed by atoms with Gasteiger partial charge in [0.2, 0.25) is 5.91 Å². The van der Waals surface area contributed by atoms with Gasteiger partial charge in [-0.15, -0.1) is 0 Å². The number of imide groups is 1. The summed E-state index contributed by atoms with van der Waals surface area (Å²) in [6.07, 6.45) is 4.29. The molecule has 3 amide bonds. The molecule has 0 heterocycles. The lowest BCUT2D eigenvalue weighted by molar-refractivity contribution is -0.137. The number of carbonyl (C=O) groups is 3. The first-order valence-electron chi connectivity index (χ1n) is 7.39. The predicted octanol–water partition coefficient (Wildman–Crippen LogP) is 0.797. The number of carbonyl (C=O) groups excluding carboxylic acids is 2. The Kier molecular flexibility index (Phi) is 7.14. The highest BCUT2D eigenvalue weighted by Crippen LogP contribution is 2.23. The molecule has 0 aromatic carbocycles. The van der Waals surface area contributed by atoms with Crippen molar-refractivity contribution in [1.29, 1.82) is 0 Å². The van der Waals surface area contributed by atoms with Gasteiger partial charge < -0.3 is 10.4 Å². The van der Waals surface area contributed by atoms with Gasteiger partial charge in [-0.1, -0.05) is 19.8 Å². The minimum atomic E-state index is -0.911. The summed E-state index contributed by atoms with van der Waals surface area (Å²) in [4.78, 5) is 35.4. The number of carboxylic acids is 1. The molecule has 0 radical (unpaired) electrons. The maximum atomic E-state index is 11.8. The standard InChI is InChI=1S/C14H25N3O4/c1-10-5-3-4-6-11(10)15-14(21)16-12(18)9-17(2)8-7-13(19)20/h10-11H,3-9H2,1-2H3,(H,19,20)(H2,15,16,18,21). The molecule has 3 N–H and O–H groups in total. The van der Waals surface area contributed by atoms with Crippen molar-refractivity contribution in [3.05, 3.63) is 0 Å². The maximum Gasteiger partial charge on any atom is 0.321 e. The quantitative estimate of drug-likeness (QED) is 0.674. The van der Waals surface area contributed by atoms with Crippen molar-refractivity contribution in [2.75, 3.05) is 20.1 Å². The average Bonchev–Trinajstić information content (AvgIpc) is 2.38. The average molecular weight is 299 g/mol. The number of hydrogen-bond donors (Lipinski definition) is 3. The molecule has 0 aliphatic heterocycles. The molecule has 0 aromatic rings. The molecule has 7 nitrogen and oxygen atoms in total. The number of nitrogens with zero attached hydrogens (tertiary/aromatic N) is 1. The maximum absolute atomic E-state index is 11.8. The molecule has 7 heteroatoms. The van der Waals surface area contributed by atoms with Gasteiger partial charge in [-0.3, -0.25) is 19.8 Å². The minimum Gasteiger partial charge on any atom is -0.481 e. The van der Waals surface area contributed by atoms with E-state index in [9.17, 15) is 14.4 Å². The van der Waals surface area contributed by atoms with Crippen LogP contribution in [0.15, 0.2) is 0 Å². The molecule has 0 aromatic heterocycles. The summed E-state index contributed by atoms with van der Waals surface area (Å²) >= 11 is 0. The highest BCUT2D eigenvalue weighted by atomic mass is 16.4. The number of hydrogen-bond acceptors (Lipinski definition) is 4. The minimum absolute atomic E-state index is 0.000913. The van der Waals surface area contributed by atoms with Crippen molar-refractivity contribution in [1.82, 2.24) is 15.5 Å². The molecule has 1 rings (SSSR count). The zero-order valence-corrected chi connectivity index (χ0v) is 12.7. The van der Waals surface area contributed by atoms with E-state index in [1.165, 1.54) is 6.42 Å². The largest absolute Gasteiger partial charge is 0.481 e. The Bertz CT molecular complexity index is 386. The van der Waals surface area contributed by atoms with Gasteiger partial charge in [-0.05, 0) is 25.8 Å². The number of nitrogens with one attached hydrogen (secondary N) is 2. The van der Waals surface area contributed by atoms with Crippen LogP contribution in [0.3, 0.4) is 0 Å². The molecule has 21 heavy (non-hydrogen) atoms. The lowest BCUT2D eigenvalue weighted by Crippen LogP contribution is -2.49. The van der Waals surface area contributed by atoms with Crippen molar-refractivity contribution < 1.29 is 19.5 Å². The summed E-state index contributed by atoms with van der Waals surface area (Å²) in [6, 6.07) is -0.346. The van der Waals surface area contributed by atoms with Gasteiger partial charge in [0.25, 0.3) is 0 Å². The third-order valence-electron chi connectivity index (χ3n) is 3.80. The summed E-state index contributed by atoms with van der Waals surface area (Å²) in [5, 5.41) is 13.7. The van der Waals surface area contributed by atoms with Crippen molar-refractivity contribution in [2.24, 2.45) is 5.92 Å². The zero-order valence-electron chi connectivity index (χ0n) is 12.7. The smallest absolute Gasteiger partial charge is 0.321 e. The van der Waals surface area contributed by atoms with Gasteiger partial charge in [0.1, 0.15) is 0 Å². The van der Waals surface area contributed by atoms with E-state index < -0.39 is 17.9 Å². The van der Waals surface area contributed by atoms with Gasteiger partial charge in [0.15, 0.2) is 0 Å². The number of rotatable bonds is 6. The predicted molar refractivity (Wildman–Crippen MR) is 77.8 cm³/mol. The molecular weight excluding hydrogens is 274 g/mol. The second-order valence-electron chi connectivity index (χ2n) is 5.77. The SMILES string of the molecule is CC1CCCCC1NC(=O)NC(=O)CN(C)CCC(=O)O. The molecule has 0 bridgehead atoms. The number of carboxylic acid groups (broad SMARTS) is 1. The summed E-state index contributed by atoms with van der Waals surface area (Å²) in [5.74, 6) is -0.909. The van der Waals surface area contributed by atoms with Crippen molar-refractivity contribution in [2.45, 2.75) is 45.1 Å². The molecule has 2 atom stereocenters. The Hall–Kier alpha value is -1.63. The van der Waals surface area contributed by atoms with Crippen LogP contribution >= 0.6 is 0 Å². The number of urea groups is 1. The zero-order chi connectivity index (χ0) is 15.8. The third kappa shape index (κ3) is 7.08. The molecule has 0 spiro atoms. The van der Waals surface area contributed by atoms with E-state index in [0.29, 0.717) is 5.92 Å². The molecule has 1 aliphatic carbocycles. The second-order valence-corrected chi connectivity index (χ2v) is 5.77. The van der Waals surface area contributed by atoms with Crippen molar-refractivity contribution >= 4 is 17.9 Å². The van der Waals surface area contributed by atoms with Gasteiger partial charge in [-0.25, -0.2) is 4.79 Å². The van der Waals surface area contributed by atoms with Crippen LogP contribution in [-0.4, -0.2) is 54.1 Å². The van der Waals surface area contributed by atoms with E-state index >= 15 is 0 Å². The Morgan fingerprint density at radius 3 is 2.52 bits per heavy atom. The normalized spacial score (nSPS) is 21.9. The molecule has 0 saturated heterocycles. The van der Waals surface area contributed by atoms with E-state index in [2.05, 4.69) is 17.6 Å². The van der Waals surface area contributed by atoms with Crippen LogP contribution in [0.5, 0.6) is 0 Å². The van der Waals surface area contributed by atoms with Gasteiger partial charge in [-0.2, -0.15) is 0 Å². The van der Waals surface area contributed by atoms with Crippen LogP contribution < -0.4 is 10.6 Å². The highest BCUT2D eigenvalue weighted by Gasteiger charge is 2.23. The van der Waals surface area contributed by atoms with E-state index in [0.717, 1.165) is 19.3 Å². The topological polar surface area (TPSA) is 98.7 Å². The fourth-order valence-corrected chi connectivity index (χ4v) is 2.51. The number of aliphatic carboxylic acids is 1. The summed E-state index contributed by atoms with van der Waals surface area (Å²) in [6.45, 7) is 2.37. The van der Waals surface area contributed by atoms with Crippen LogP contribution in [0.25, 0.3) is 0 Å². The Labute approximate surface area is 125 Å². The van der Waals surface area contributed by atoms with E-state index in [1.54, 1.807) is 11.9 Å². The molecule has 1 fully saturated rings. The number of amides is 3. The van der Waals surface area contributed by atoms with E-state index in [-0.39, 0.29) is 25.6 Å². The van der Waals surface area contributed by atoms with Gasteiger partial charge >= 0.3 is 12.0 Å². The lowest BCUT2D eigenvalue weighted by Gasteiger charge is -2.29. The Balaban J connectivity index is 2.26. The van der Waals surface area contributed by atoms with Gasteiger partial charge in [0, 0.05) is 12.6 Å². The van der Waals surface area contributed by atoms with Crippen LogP contribution in [-0.2, 0) is 9.59 Å². The summed E-state index contributed by atoms with van der Waals surface area (Å²) in [5.41, 5.74) is 0. The molecule has 120 valence electrons. The molecular formula is C14H25N3O4. The number of likely N-dealkylation sites (N-methyl/N-ethyl adjacent to an activating group) is 1. The van der Waals surface area contributed by atoms with Crippen molar-refractivity contribution in [3.63, 3.8) is 0 Å². The summed E-state index contributed by atoms with van der Waals surface area (Å²) < 4.78 is 0. The fraction of sp³-hybridized carbons (Fsp3) is 0.786. The first-order valence-corrected chi connectivity index (χ1v) is 7.39. The summed E-state index contributed by atoms with van der Waals surface area (Å²) in [7, 11) is 1.64. The molecule has 2 unspecified atom stereocenters. The van der Waals surface area contributed by atoms with Crippen molar-refractivity contribution in [3.8, 4) is 0 Å².